The van der Waals surface area contributed by atoms with E-state index < -0.39 is 16.0 Å². The molecule has 1 aliphatic rings. The van der Waals surface area contributed by atoms with Gasteiger partial charge in [0.25, 0.3) is 0 Å². The number of hydrogen-bond acceptors (Lipinski definition) is 5. The lowest BCUT2D eigenvalue weighted by Crippen LogP contribution is -2.36. The number of sulfonamides is 1. The fourth-order valence-electron chi connectivity index (χ4n) is 3.18. The van der Waals surface area contributed by atoms with Gasteiger partial charge in [-0.25, -0.2) is 17.9 Å². The predicted molar refractivity (Wildman–Crippen MR) is 102 cm³/mol. The summed E-state index contributed by atoms with van der Waals surface area (Å²) in [4.78, 5) is 11.4. The van der Waals surface area contributed by atoms with Crippen LogP contribution >= 0.6 is 11.6 Å². The molecule has 0 unspecified atom stereocenters. The number of furan rings is 1. The van der Waals surface area contributed by atoms with Crippen molar-refractivity contribution in [2.45, 2.75) is 49.6 Å². The second kappa shape index (κ2) is 8.33. The Morgan fingerprint density at radius 2 is 2.00 bits per heavy atom. The van der Waals surface area contributed by atoms with Crippen molar-refractivity contribution < 1.29 is 22.7 Å². The second-order valence-corrected chi connectivity index (χ2v) is 8.61. The maximum atomic E-state index is 12.7. The molecule has 0 amide bonds. The van der Waals surface area contributed by atoms with E-state index in [4.69, 9.17) is 16.0 Å². The van der Waals surface area contributed by atoms with E-state index in [1.165, 1.54) is 12.3 Å². The van der Waals surface area contributed by atoms with Crippen LogP contribution in [0.4, 0.5) is 5.69 Å². The number of carboxylic acids is 1. The summed E-state index contributed by atoms with van der Waals surface area (Å²) in [5, 5.41) is 12.4. The number of carboxylic acid groups (broad SMARTS) is 1. The zero-order chi connectivity index (χ0) is 19.4. The molecule has 0 bridgehead atoms. The lowest BCUT2D eigenvalue weighted by Gasteiger charge is -2.23. The van der Waals surface area contributed by atoms with E-state index in [2.05, 4.69) is 10.0 Å². The quantitative estimate of drug-likeness (QED) is 0.637. The molecule has 1 fully saturated rings. The monoisotopic (exact) mass is 412 g/mol. The molecule has 1 aromatic carbocycles. The number of carbonyl (C=O) groups is 1. The molecule has 9 heteroatoms. The molecular weight excluding hydrogens is 392 g/mol. The molecule has 3 N–H and O–H groups in total. The SMILES string of the molecule is O=C(O)c1cc(S(=O)(=O)NC2CCCCC2)c(Cl)cc1NCc1ccco1. The van der Waals surface area contributed by atoms with Gasteiger partial charge in [-0.15, -0.1) is 0 Å². The predicted octanol–water partition coefficient (Wildman–Crippen LogP) is 3.85. The van der Waals surface area contributed by atoms with Crippen LogP contribution in [0.25, 0.3) is 0 Å². The van der Waals surface area contributed by atoms with Crippen LogP contribution in [0.1, 0.15) is 48.2 Å². The van der Waals surface area contributed by atoms with Gasteiger partial charge in [0.1, 0.15) is 10.7 Å². The second-order valence-electron chi connectivity index (χ2n) is 6.52. The standard InChI is InChI=1S/C18H21ClN2O5S/c19-15-10-16(20-11-13-7-4-8-26-13)14(18(22)23)9-17(15)27(24,25)21-12-5-2-1-3-6-12/h4,7-10,12,20-21H,1-3,5-6,11H2,(H,22,23). The molecule has 0 spiro atoms. The van der Waals surface area contributed by atoms with Crippen molar-refractivity contribution in [3.63, 3.8) is 0 Å². The fraction of sp³-hybridized carbons (Fsp3) is 0.389. The summed E-state index contributed by atoms with van der Waals surface area (Å²) in [5.41, 5.74) is 0.0514. The normalized spacial score (nSPS) is 15.6. The van der Waals surface area contributed by atoms with E-state index in [9.17, 15) is 18.3 Å². The average Bonchev–Trinajstić information content (AvgIpc) is 3.13. The van der Waals surface area contributed by atoms with E-state index in [-0.39, 0.29) is 33.8 Å². The molecule has 0 aliphatic heterocycles. The van der Waals surface area contributed by atoms with E-state index >= 15 is 0 Å². The van der Waals surface area contributed by atoms with Crippen LogP contribution < -0.4 is 10.0 Å². The van der Waals surface area contributed by atoms with Crippen molar-refractivity contribution in [3.8, 4) is 0 Å². The molecule has 27 heavy (non-hydrogen) atoms. The molecule has 0 radical (unpaired) electrons. The Balaban J connectivity index is 1.87. The van der Waals surface area contributed by atoms with E-state index in [0.717, 1.165) is 38.2 Å². The first-order valence-electron chi connectivity index (χ1n) is 8.72. The van der Waals surface area contributed by atoms with Crippen LogP contribution in [0.5, 0.6) is 0 Å². The zero-order valence-corrected chi connectivity index (χ0v) is 16.1. The Morgan fingerprint density at radius 3 is 2.63 bits per heavy atom. The minimum Gasteiger partial charge on any atom is -0.478 e. The smallest absolute Gasteiger partial charge is 0.337 e. The third-order valence-electron chi connectivity index (χ3n) is 4.55. The highest BCUT2D eigenvalue weighted by Crippen LogP contribution is 2.30. The van der Waals surface area contributed by atoms with Crippen molar-refractivity contribution >= 4 is 33.3 Å². The van der Waals surface area contributed by atoms with E-state index in [1.54, 1.807) is 12.1 Å². The van der Waals surface area contributed by atoms with E-state index in [0.29, 0.717) is 5.76 Å². The zero-order valence-electron chi connectivity index (χ0n) is 14.6. The van der Waals surface area contributed by atoms with Gasteiger partial charge in [0.05, 0.1) is 29.1 Å². The van der Waals surface area contributed by atoms with Crippen molar-refractivity contribution in [1.29, 1.82) is 0 Å². The van der Waals surface area contributed by atoms with Crippen molar-refractivity contribution in [2.75, 3.05) is 5.32 Å². The molecule has 1 aliphatic carbocycles. The van der Waals surface area contributed by atoms with Crippen LogP contribution in [0.3, 0.4) is 0 Å². The Hall–Kier alpha value is -2.03. The summed E-state index contributed by atoms with van der Waals surface area (Å²) in [6.45, 7) is 0.246. The van der Waals surface area contributed by atoms with E-state index in [1.807, 2.05) is 0 Å². The Kier molecular flexibility index (Phi) is 6.08. The van der Waals surface area contributed by atoms with Gasteiger partial charge in [0, 0.05) is 6.04 Å². The van der Waals surface area contributed by atoms with Gasteiger partial charge in [-0.1, -0.05) is 30.9 Å². The van der Waals surface area contributed by atoms with Crippen LogP contribution in [-0.4, -0.2) is 25.5 Å². The van der Waals surface area contributed by atoms with Crippen LogP contribution in [0, 0.1) is 0 Å². The van der Waals surface area contributed by atoms with Crippen LogP contribution in [-0.2, 0) is 16.6 Å². The number of anilines is 1. The number of rotatable bonds is 7. The van der Waals surface area contributed by atoms with Gasteiger partial charge in [-0.05, 0) is 37.1 Å². The molecule has 1 aromatic heterocycles. The fourth-order valence-corrected chi connectivity index (χ4v) is 5.04. The summed E-state index contributed by atoms with van der Waals surface area (Å²) in [6, 6.07) is 5.73. The van der Waals surface area contributed by atoms with Gasteiger partial charge >= 0.3 is 5.97 Å². The van der Waals surface area contributed by atoms with Crippen LogP contribution in [0.15, 0.2) is 39.8 Å². The van der Waals surface area contributed by atoms with Gasteiger partial charge in [-0.2, -0.15) is 0 Å². The summed E-state index contributed by atoms with van der Waals surface area (Å²) in [6.07, 6.45) is 6.08. The van der Waals surface area contributed by atoms with Gasteiger partial charge < -0.3 is 14.8 Å². The minimum absolute atomic E-state index is 0.0368. The van der Waals surface area contributed by atoms with Crippen molar-refractivity contribution in [1.82, 2.24) is 4.72 Å². The molecule has 1 saturated carbocycles. The first-order chi connectivity index (χ1) is 12.9. The molecule has 2 aromatic rings. The molecule has 3 rings (SSSR count). The van der Waals surface area contributed by atoms with Crippen molar-refractivity contribution in [3.05, 3.63) is 46.9 Å². The lowest BCUT2D eigenvalue weighted by molar-refractivity contribution is 0.0697. The molecule has 0 atom stereocenters. The van der Waals surface area contributed by atoms with Crippen LogP contribution in [0.2, 0.25) is 5.02 Å². The highest BCUT2D eigenvalue weighted by Gasteiger charge is 2.26. The van der Waals surface area contributed by atoms with Gasteiger partial charge in [0.15, 0.2) is 0 Å². The first-order valence-corrected chi connectivity index (χ1v) is 10.6. The van der Waals surface area contributed by atoms with Crippen molar-refractivity contribution in [2.24, 2.45) is 0 Å². The summed E-state index contributed by atoms with van der Waals surface area (Å²) in [5.74, 6) is -0.638. The third-order valence-corrected chi connectivity index (χ3v) is 6.54. The molecule has 146 valence electrons. The molecular formula is C18H21ClN2O5S. The largest absolute Gasteiger partial charge is 0.478 e. The number of benzene rings is 1. The summed E-state index contributed by atoms with van der Waals surface area (Å²) >= 11 is 6.19. The molecule has 7 nitrogen and oxygen atoms in total. The topological polar surface area (TPSA) is 109 Å². The third kappa shape index (κ3) is 4.82. The maximum absolute atomic E-state index is 12.7. The number of nitrogens with one attached hydrogen (secondary N) is 2. The van der Waals surface area contributed by atoms with Gasteiger partial charge in [0.2, 0.25) is 10.0 Å². The average molecular weight is 413 g/mol. The molecule has 0 saturated heterocycles. The Labute approximate surface area is 162 Å². The molecule has 1 heterocycles. The Morgan fingerprint density at radius 1 is 1.26 bits per heavy atom. The number of halogens is 1. The highest BCUT2D eigenvalue weighted by molar-refractivity contribution is 7.89. The van der Waals surface area contributed by atoms with Gasteiger partial charge in [-0.3, -0.25) is 0 Å². The Bertz CT molecular complexity index is 906. The number of hydrogen-bond donors (Lipinski definition) is 3. The number of aromatic carboxylic acids is 1. The first kappa shape index (κ1) is 19.7. The summed E-state index contributed by atoms with van der Waals surface area (Å²) < 4.78 is 33.3. The maximum Gasteiger partial charge on any atom is 0.337 e. The lowest BCUT2D eigenvalue weighted by atomic mass is 9.96. The highest BCUT2D eigenvalue weighted by atomic mass is 35.5. The minimum atomic E-state index is -3.91. The summed E-state index contributed by atoms with van der Waals surface area (Å²) in [7, 11) is -3.91.